The van der Waals surface area contributed by atoms with E-state index in [0.29, 0.717) is 18.9 Å². The van der Waals surface area contributed by atoms with Crippen molar-refractivity contribution in [2.75, 3.05) is 40.4 Å². The van der Waals surface area contributed by atoms with Crippen molar-refractivity contribution in [3.8, 4) is 0 Å². The molecule has 1 saturated heterocycles. The van der Waals surface area contributed by atoms with Gasteiger partial charge < -0.3 is 20.3 Å². The van der Waals surface area contributed by atoms with Gasteiger partial charge in [0.2, 0.25) is 5.91 Å². The second-order valence-electron chi connectivity index (χ2n) is 5.71. The van der Waals surface area contributed by atoms with E-state index < -0.39 is 0 Å². The third kappa shape index (κ3) is 8.17. The van der Waals surface area contributed by atoms with Gasteiger partial charge in [-0.1, -0.05) is 6.92 Å². The van der Waals surface area contributed by atoms with Gasteiger partial charge in [-0.3, -0.25) is 9.79 Å². The molecule has 0 aliphatic carbocycles. The first-order valence-corrected chi connectivity index (χ1v) is 7.85. The van der Waals surface area contributed by atoms with E-state index >= 15 is 0 Å². The van der Waals surface area contributed by atoms with E-state index in [0.717, 1.165) is 38.6 Å². The molecule has 1 fully saturated rings. The van der Waals surface area contributed by atoms with Crippen LogP contribution in [0.2, 0.25) is 0 Å². The van der Waals surface area contributed by atoms with Gasteiger partial charge in [0.05, 0.1) is 6.61 Å². The summed E-state index contributed by atoms with van der Waals surface area (Å²) in [5.41, 5.74) is 0. The predicted octanol–water partition coefficient (Wildman–Crippen LogP) is 1.45. The quantitative estimate of drug-likeness (QED) is 0.368. The summed E-state index contributed by atoms with van der Waals surface area (Å²) in [7, 11) is 3.79. The van der Waals surface area contributed by atoms with Crippen LogP contribution in [0.4, 0.5) is 0 Å². The van der Waals surface area contributed by atoms with Gasteiger partial charge in [0.15, 0.2) is 5.96 Å². The fraction of sp³-hybridized carbons (Fsp3) is 0.867. The van der Waals surface area contributed by atoms with Gasteiger partial charge in [-0.05, 0) is 19.8 Å². The zero-order chi connectivity index (χ0) is 15.7. The summed E-state index contributed by atoms with van der Waals surface area (Å²) in [5.74, 6) is 1.49. The molecule has 2 atom stereocenters. The molecule has 2 unspecified atom stereocenters. The molecule has 0 saturated carbocycles. The topological polar surface area (TPSA) is 66.0 Å². The van der Waals surface area contributed by atoms with Crippen molar-refractivity contribution in [2.45, 2.75) is 39.2 Å². The van der Waals surface area contributed by atoms with E-state index in [1.165, 1.54) is 0 Å². The summed E-state index contributed by atoms with van der Waals surface area (Å²) in [6.45, 7) is 7.30. The Morgan fingerprint density at radius 3 is 2.77 bits per heavy atom. The molecule has 0 spiro atoms. The van der Waals surface area contributed by atoms with Crippen LogP contribution in [0.25, 0.3) is 0 Å². The van der Waals surface area contributed by atoms with Crippen LogP contribution in [0.1, 0.15) is 33.1 Å². The molecule has 22 heavy (non-hydrogen) atoms. The lowest BCUT2D eigenvalue weighted by Gasteiger charge is -2.24. The number of nitrogens with zero attached hydrogens (tertiary/aromatic N) is 2. The van der Waals surface area contributed by atoms with Gasteiger partial charge in [0.25, 0.3) is 0 Å². The van der Waals surface area contributed by atoms with Crippen molar-refractivity contribution in [1.82, 2.24) is 15.5 Å². The average molecular weight is 426 g/mol. The van der Waals surface area contributed by atoms with Crippen LogP contribution in [0.15, 0.2) is 4.99 Å². The van der Waals surface area contributed by atoms with Crippen LogP contribution in [-0.4, -0.2) is 63.2 Å². The summed E-state index contributed by atoms with van der Waals surface area (Å²) in [6.07, 6.45) is 2.52. The molecule has 1 aliphatic heterocycles. The number of hydrogen-bond donors (Lipinski definition) is 2. The van der Waals surface area contributed by atoms with Crippen molar-refractivity contribution in [1.29, 1.82) is 0 Å². The van der Waals surface area contributed by atoms with Gasteiger partial charge in [0, 0.05) is 52.2 Å². The predicted molar refractivity (Wildman–Crippen MR) is 101 cm³/mol. The first-order chi connectivity index (χ1) is 10.1. The third-order valence-corrected chi connectivity index (χ3v) is 3.78. The van der Waals surface area contributed by atoms with Gasteiger partial charge in [-0.2, -0.15) is 0 Å². The lowest BCUT2D eigenvalue weighted by molar-refractivity contribution is -0.121. The molecule has 0 bridgehead atoms. The highest BCUT2D eigenvalue weighted by atomic mass is 127. The van der Waals surface area contributed by atoms with Crippen LogP contribution in [0.5, 0.6) is 0 Å². The summed E-state index contributed by atoms with van der Waals surface area (Å²) in [4.78, 5) is 18.1. The maximum absolute atomic E-state index is 11.7. The minimum atomic E-state index is 0. The molecule has 1 rings (SSSR count). The first-order valence-electron chi connectivity index (χ1n) is 7.85. The van der Waals surface area contributed by atoms with E-state index in [1.54, 1.807) is 7.05 Å². The zero-order valence-corrected chi connectivity index (χ0v) is 16.6. The van der Waals surface area contributed by atoms with Gasteiger partial charge >= 0.3 is 0 Å². The molecule has 1 amide bonds. The molecular weight excluding hydrogens is 395 g/mol. The zero-order valence-electron chi connectivity index (χ0n) is 14.2. The smallest absolute Gasteiger partial charge is 0.221 e. The number of amides is 1. The summed E-state index contributed by atoms with van der Waals surface area (Å²) in [6, 6.07) is 0.238. The second-order valence-corrected chi connectivity index (χ2v) is 5.71. The third-order valence-electron chi connectivity index (χ3n) is 3.78. The Balaban J connectivity index is 0.00000441. The van der Waals surface area contributed by atoms with Gasteiger partial charge in [-0.15, -0.1) is 24.0 Å². The van der Waals surface area contributed by atoms with Gasteiger partial charge in [0.1, 0.15) is 0 Å². The van der Waals surface area contributed by atoms with E-state index in [2.05, 4.69) is 27.4 Å². The van der Waals surface area contributed by atoms with E-state index in [9.17, 15) is 4.79 Å². The Morgan fingerprint density at radius 1 is 1.50 bits per heavy atom. The Bertz CT molecular complexity index is 346. The molecular formula is C15H31IN4O2. The second kappa shape index (κ2) is 11.9. The number of halogens is 1. The number of aliphatic imine (C=N–C) groups is 1. The maximum Gasteiger partial charge on any atom is 0.221 e. The Kier molecular flexibility index (Phi) is 11.6. The van der Waals surface area contributed by atoms with Crippen molar-refractivity contribution in [2.24, 2.45) is 10.9 Å². The molecule has 0 radical (unpaired) electrons. The molecule has 0 aromatic carbocycles. The van der Waals surface area contributed by atoms with E-state index in [1.807, 2.05) is 14.0 Å². The van der Waals surface area contributed by atoms with Crippen molar-refractivity contribution in [3.05, 3.63) is 0 Å². The molecule has 0 aromatic rings. The Hall–Kier alpha value is -0.570. The van der Waals surface area contributed by atoms with Crippen molar-refractivity contribution in [3.63, 3.8) is 0 Å². The highest BCUT2D eigenvalue weighted by Crippen LogP contribution is 2.13. The number of nitrogens with one attached hydrogen (secondary N) is 2. The van der Waals surface area contributed by atoms with Crippen LogP contribution in [0.3, 0.4) is 0 Å². The minimum absolute atomic E-state index is 0. The Morgan fingerprint density at radius 2 is 2.23 bits per heavy atom. The highest BCUT2D eigenvalue weighted by Gasteiger charge is 2.19. The lowest BCUT2D eigenvalue weighted by Crippen LogP contribution is -2.43. The molecule has 1 aliphatic rings. The van der Waals surface area contributed by atoms with Crippen LogP contribution < -0.4 is 10.6 Å². The molecule has 7 heteroatoms. The van der Waals surface area contributed by atoms with Crippen LogP contribution in [-0.2, 0) is 9.53 Å². The molecule has 6 nitrogen and oxygen atoms in total. The summed E-state index contributed by atoms with van der Waals surface area (Å²) in [5, 5.41) is 6.20. The minimum Gasteiger partial charge on any atom is -0.381 e. The van der Waals surface area contributed by atoms with E-state index in [4.69, 9.17) is 4.74 Å². The SMILES string of the molecule is CCC(C)NC(=O)CCNC(=NC)N(C)CC1CCOC1.I. The van der Waals surface area contributed by atoms with Gasteiger partial charge in [-0.25, -0.2) is 0 Å². The standard InChI is InChI=1S/C15H30N4O2.HI/c1-5-12(2)18-14(20)6-8-17-15(16-3)19(4)10-13-7-9-21-11-13;/h12-13H,5-11H2,1-4H3,(H,16,17)(H,18,20);1H. The normalized spacial score (nSPS) is 19.3. The molecule has 1 heterocycles. The number of carbonyl (C=O) groups is 1. The maximum atomic E-state index is 11.7. The summed E-state index contributed by atoms with van der Waals surface area (Å²) < 4.78 is 5.39. The first kappa shape index (κ1) is 21.4. The summed E-state index contributed by atoms with van der Waals surface area (Å²) >= 11 is 0. The lowest BCUT2D eigenvalue weighted by atomic mass is 10.1. The molecule has 130 valence electrons. The molecule has 2 N–H and O–H groups in total. The fourth-order valence-electron chi connectivity index (χ4n) is 2.32. The monoisotopic (exact) mass is 426 g/mol. The van der Waals surface area contributed by atoms with E-state index in [-0.39, 0.29) is 35.9 Å². The van der Waals surface area contributed by atoms with Crippen LogP contribution in [0, 0.1) is 5.92 Å². The van der Waals surface area contributed by atoms with Crippen molar-refractivity contribution < 1.29 is 9.53 Å². The highest BCUT2D eigenvalue weighted by molar-refractivity contribution is 14.0. The Labute approximate surface area is 151 Å². The average Bonchev–Trinajstić information content (AvgIpc) is 2.96. The number of hydrogen-bond acceptors (Lipinski definition) is 3. The van der Waals surface area contributed by atoms with Crippen molar-refractivity contribution >= 4 is 35.8 Å². The van der Waals surface area contributed by atoms with Crippen LogP contribution >= 0.6 is 24.0 Å². The largest absolute Gasteiger partial charge is 0.381 e. The fourth-order valence-corrected chi connectivity index (χ4v) is 2.32. The number of guanidine groups is 1. The number of carbonyl (C=O) groups excluding carboxylic acids is 1. The molecule has 0 aromatic heterocycles. The number of ether oxygens (including phenoxy) is 1. The number of rotatable bonds is 7.